The summed E-state index contributed by atoms with van der Waals surface area (Å²) in [4.78, 5) is 19.1. The van der Waals surface area contributed by atoms with E-state index in [4.69, 9.17) is 19.5 Å². The maximum atomic E-state index is 14.5. The summed E-state index contributed by atoms with van der Waals surface area (Å²) in [5.74, 6) is 1.08. The maximum Gasteiger partial charge on any atom is 0.201 e. The van der Waals surface area contributed by atoms with Crippen LogP contribution in [0.2, 0.25) is 0 Å². The Hall–Kier alpha value is -2.79. The summed E-state index contributed by atoms with van der Waals surface area (Å²) in [7, 11) is -1.18. The molecule has 1 aliphatic carbocycles. The van der Waals surface area contributed by atoms with Gasteiger partial charge >= 0.3 is 0 Å². The first-order chi connectivity index (χ1) is 15.2. The van der Waals surface area contributed by atoms with Crippen LogP contribution in [0.3, 0.4) is 0 Å². The van der Waals surface area contributed by atoms with E-state index in [-0.39, 0.29) is 11.6 Å². The van der Waals surface area contributed by atoms with Crippen molar-refractivity contribution in [1.82, 2.24) is 19.9 Å². The van der Waals surface area contributed by atoms with Crippen LogP contribution in [-0.4, -0.2) is 63.2 Å². The molecule has 1 saturated carbocycles. The average molecular weight is 460 g/mol. The number of benzene rings is 1. The van der Waals surface area contributed by atoms with Gasteiger partial charge in [0.1, 0.15) is 11.3 Å². The molecule has 2 aromatic heterocycles. The zero-order chi connectivity index (χ0) is 22.7. The highest BCUT2D eigenvalue weighted by Gasteiger charge is 2.53. The highest BCUT2D eigenvalue weighted by Crippen LogP contribution is 2.52. The monoisotopic (exact) mass is 459 g/mol. The number of halogens is 1. The van der Waals surface area contributed by atoms with Gasteiger partial charge in [-0.3, -0.25) is 4.78 Å². The van der Waals surface area contributed by atoms with E-state index in [1.165, 1.54) is 12.3 Å². The zero-order valence-electron chi connectivity index (χ0n) is 18.2. The van der Waals surface area contributed by atoms with Crippen molar-refractivity contribution in [2.75, 3.05) is 43.3 Å². The Morgan fingerprint density at radius 2 is 2.12 bits per heavy atom. The number of imidazole rings is 1. The van der Waals surface area contributed by atoms with Gasteiger partial charge in [0, 0.05) is 31.5 Å². The van der Waals surface area contributed by atoms with Crippen LogP contribution in [0.1, 0.15) is 25.5 Å². The fourth-order valence-corrected chi connectivity index (χ4v) is 5.71. The van der Waals surface area contributed by atoms with Crippen molar-refractivity contribution in [2.45, 2.75) is 30.6 Å². The smallest absolute Gasteiger partial charge is 0.201 e. The van der Waals surface area contributed by atoms with E-state index in [0.717, 1.165) is 0 Å². The van der Waals surface area contributed by atoms with Gasteiger partial charge in [0.05, 0.1) is 44.9 Å². The highest BCUT2D eigenvalue weighted by molar-refractivity contribution is 7.92. The summed E-state index contributed by atoms with van der Waals surface area (Å²) < 4.78 is 40.4. The molecule has 5 rings (SSSR count). The predicted molar refractivity (Wildman–Crippen MR) is 122 cm³/mol. The van der Waals surface area contributed by atoms with Gasteiger partial charge in [-0.1, -0.05) is 0 Å². The number of hydrogen-bond acceptors (Lipinski definition) is 8. The van der Waals surface area contributed by atoms with E-state index in [9.17, 15) is 8.60 Å². The second-order valence-electron chi connectivity index (χ2n) is 8.54. The molecule has 2 aliphatic rings. The summed E-state index contributed by atoms with van der Waals surface area (Å²) in [6.45, 7) is 3.89. The first kappa shape index (κ1) is 21.1. The van der Waals surface area contributed by atoms with Crippen molar-refractivity contribution in [3.8, 4) is 11.4 Å². The summed E-state index contributed by atoms with van der Waals surface area (Å²) in [6.07, 6.45) is 2.77. The lowest BCUT2D eigenvalue weighted by atomic mass is 10.1. The molecular weight excluding hydrogens is 433 g/mol. The van der Waals surface area contributed by atoms with Crippen LogP contribution in [0.25, 0.3) is 22.4 Å². The van der Waals surface area contributed by atoms with E-state index >= 15 is 0 Å². The molecule has 0 unspecified atom stereocenters. The Kier molecular flexibility index (Phi) is 4.86. The fourth-order valence-electron chi connectivity index (χ4n) is 4.33. The summed E-state index contributed by atoms with van der Waals surface area (Å²) in [5, 5.41) is 2.90. The number of ether oxygens (including phenoxy) is 1. The molecule has 1 aliphatic heterocycles. The Balaban J connectivity index is 1.73. The molecule has 0 radical (unpaired) electrons. The molecule has 3 N–H and O–H groups in total. The lowest BCUT2D eigenvalue weighted by Crippen LogP contribution is -2.44. The molecule has 0 bridgehead atoms. The number of nitrogens with zero attached hydrogens (tertiary/aromatic N) is 4. The van der Waals surface area contributed by atoms with Gasteiger partial charge < -0.3 is 19.9 Å². The van der Waals surface area contributed by atoms with Gasteiger partial charge in [-0.25, -0.2) is 23.6 Å². The molecule has 9 nitrogen and oxygen atoms in total. The largest absolute Gasteiger partial charge is 0.377 e. The Morgan fingerprint density at radius 1 is 1.34 bits per heavy atom. The van der Waals surface area contributed by atoms with Crippen molar-refractivity contribution in [3.63, 3.8) is 0 Å². The van der Waals surface area contributed by atoms with Gasteiger partial charge in [-0.05, 0) is 31.9 Å². The number of rotatable bonds is 5. The third kappa shape index (κ3) is 3.30. The summed E-state index contributed by atoms with van der Waals surface area (Å²) >= 11 is 0. The maximum absolute atomic E-state index is 14.5. The third-order valence-corrected chi connectivity index (χ3v) is 8.47. The summed E-state index contributed by atoms with van der Waals surface area (Å²) in [6, 6.07) is 4.95. The van der Waals surface area contributed by atoms with Crippen LogP contribution < -0.4 is 10.2 Å². The van der Waals surface area contributed by atoms with Crippen LogP contribution in [0, 0.1) is 10.6 Å². The van der Waals surface area contributed by atoms with Crippen molar-refractivity contribution < 1.29 is 13.3 Å². The number of H-pyrrole nitrogens is 1. The van der Waals surface area contributed by atoms with Gasteiger partial charge in [-0.2, -0.15) is 0 Å². The Bertz CT molecular complexity index is 1300. The molecule has 0 spiro atoms. The molecule has 1 aromatic carbocycles. The molecule has 11 heteroatoms. The quantitative estimate of drug-likeness (QED) is 0.536. The molecule has 0 amide bonds. The third-order valence-electron chi connectivity index (χ3n) is 6.36. The minimum Gasteiger partial charge on any atom is -0.377 e. The predicted octanol–water partition coefficient (Wildman–Crippen LogP) is 3.09. The topological polar surface area (TPSA) is 120 Å². The fraction of sp³-hybridized carbons (Fsp3) is 0.476. The first-order valence-corrected chi connectivity index (χ1v) is 12.5. The van der Waals surface area contributed by atoms with E-state index in [2.05, 4.69) is 27.1 Å². The number of fused-ring (bicyclic) bond motifs is 1. The van der Waals surface area contributed by atoms with Crippen LogP contribution >= 0.6 is 0 Å². The van der Waals surface area contributed by atoms with Gasteiger partial charge in [-0.15, -0.1) is 0 Å². The Labute approximate surface area is 185 Å². The van der Waals surface area contributed by atoms with Crippen molar-refractivity contribution in [3.05, 3.63) is 29.7 Å². The minimum atomic E-state index is -2.88. The van der Waals surface area contributed by atoms with E-state index in [0.29, 0.717) is 67.0 Å². The molecule has 1 saturated heterocycles. The van der Waals surface area contributed by atoms with Crippen LogP contribution in [-0.2, 0) is 19.2 Å². The van der Waals surface area contributed by atoms with Crippen LogP contribution in [0.4, 0.5) is 16.2 Å². The molecule has 32 heavy (non-hydrogen) atoms. The Morgan fingerprint density at radius 3 is 2.78 bits per heavy atom. The molecule has 2 atom stereocenters. The van der Waals surface area contributed by atoms with E-state index in [1.54, 1.807) is 13.1 Å². The number of aromatic nitrogens is 4. The second-order valence-corrected chi connectivity index (χ2v) is 11.0. The molecule has 170 valence electrons. The average Bonchev–Trinajstić information content (AvgIpc) is 3.48. The van der Waals surface area contributed by atoms with E-state index in [1.807, 2.05) is 6.07 Å². The lowest BCUT2D eigenvalue weighted by Gasteiger charge is -2.34. The molecule has 3 heterocycles. The number of morpholine rings is 1. The number of hydrogen-bond donors (Lipinski definition) is 3. The SMILES string of the molecule is CNc1nc2c(F)ccc(-c3nc(N4CCOC[C@H]4C)cc(C4([S@](C)(=N)=O)CC4)n3)c2[nH]1. The van der Waals surface area contributed by atoms with E-state index < -0.39 is 20.3 Å². The van der Waals surface area contributed by atoms with Gasteiger partial charge in [0.15, 0.2) is 11.6 Å². The van der Waals surface area contributed by atoms with Gasteiger partial charge in [0.25, 0.3) is 0 Å². The molecule has 2 fully saturated rings. The number of nitrogens with one attached hydrogen (secondary N) is 3. The number of anilines is 2. The first-order valence-electron chi connectivity index (χ1n) is 10.6. The molecule has 3 aromatic rings. The van der Waals surface area contributed by atoms with Crippen LogP contribution in [0.5, 0.6) is 0 Å². The lowest BCUT2D eigenvalue weighted by molar-refractivity contribution is 0.0985. The van der Waals surface area contributed by atoms with Crippen molar-refractivity contribution >= 4 is 32.5 Å². The molecular formula is C21H26FN7O2S. The van der Waals surface area contributed by atoms with Crippen molar-refractivity contribution in [2.24, 2.45) is 0 Å². The van der Waals surface area contributed by atoms with Crippen molar-refractivity contribution in [1.29, 1.82) is 4.78 Å². The number of aromatic amines is 1. The normalized spacial score (nSPS) is 22.0. The minimum absolute atomic E-state index is 0.104. The zero-order valence-corrected chi connectivity index (χ0v) is 19.1. The van der Waals surface area contributed by atoms with Crippen LogP contribution in [0.15, 0.2) is 18.2 Å². The summed E-state index contributed by atoms with van der Waals surface area (Å²) in [5.41, 5.74) is 1.89. The van der Waals surface area contributed by atoms with Gasteiger partial charge in [0.2, 0.25) is 5.95 Å². The standard InChI is InChI=1S/C21H26FN7O2S/c1-12-11-31-9-8-29(12)16-10-15(21(6-7-21)32(3,23)30)25-19(26-16)13-4-5-14(22)18-17(13)27-20(24-2)28-18/h4-5,10,12,23H,6-9,11H2,1-3H3,(H2,24,27,28)/t12-,32-/m1/s1. The highest BCUT2D eigenvalue weighted by atomic mass is 32.2. The second kappa shape index (κ2) is 7.38.